The molecule has 2 rings (SSSR count). The van der Waals surface area contributed by atoms with Crippen LogP contribution in [0.4, 0.5) is 0 Å². The van der Waals surface area contributed by atoms with E-state index in [-0.39, 0.29) is 11.8 Å². The summed E-state index contributed by atoms with van der Waals surface area (Å²) in [5.41, 5.74) is 1.03. The van der Waals surface area contributed by atoms with Gasteiger partial charge in [-0.3, -0.25) is 4.79 Å². The summed E-state index contributed by atoms with van der Waals surface area (Å²) in [5.74, 6) is 0.756. The highest BCUT2D eigenvalue weighted by Crippen LogP contribution is 2.18. The Kier molecular flexibility index (Phi) is 3.79. The van der Waals surface area contributed by atoms with E-state index in [2.05, 4.69) is 15.6 Å². The molecular weight excluding hydrogens is 234 g/mol. The van der Waals surface area contributed by atoms with E-state index < -0.39 is 0 Å². The van der Waals surface area contributed by atoms with Crippen LogP contribution in [0, 0.1) is 25.7 Å². The van der Waals surface area contributed by atoms with Crippen molar-refractivity contribution in [2.45, 2.75) is 27.3 Å². The molecule has 1 aromatic rings. The van der Waals surface area contributed by atoms with Gasteiger partial charge in [0.25, 0.3) is 0 Å². The zero-order valence-electron chi connectivity index (χ0n) is 10.5. The molecule has 94 valence electrons. The Bertz CT molecular complexity index is 412. The van der Waals surface area contributed by atoms with Gasteiger partial charge < -0.3 is 10.6 Å². The standard InChI is InChI=1S/C12H19N3OS/c1-7(10-4-13-5-10)12(16)14-6-11-8(2)15-9(3)17-11/h7,10,13H,4-6H2,1-3H3,(H,14,16). The lowest BCUT2D eigenvalue weighted by atomic mass is 9.88. The summed E-state index contributed by atoms with van der Waals surface area (Å²) < 4.78 is 0. The van der Waals surface area contributed by atoms with E-state index in [1.807, 2.05) is 20.8 Å². The molecule has 1 unspecified atom stereocenters. The molecule has 5 heteroatoms. The fraction of sp³-hybridized carbons (Fsp3) is 0.667. The number of thiazole rings is 1. The molecule has 1 aromatic heterocycles. The molecule has 17 heavy (non-hydrogen) atoms. The number of amides is 1. The predicted molar refractivity (Wildman–Crippen MR) is 69.0 cm³/mol. The molecule has 1 fully saturated rings. The summed E-state index contributed by atoms with van der Waals surface area (Å²) in [6, 6.07) is 0. The molecule has 1 atom stereocenters. The fourth-order valence-electron chi connectivity index (χ4n) is 1.94. The van der Waals surface area contributed by atoms with Crippen molar-refractivity contribution >= 4 is 17.2 Å². The SMILES string of the molecule is Cc1nc(C)c(CNC(=O)C(C)C2CNC2)s1. The van der Waals surface area contributed by atoms with E-state index in [1.54, 1.807) is 11.3 Å². The van der Waals surface area contributed by atoms with E-state index in [4.69, 9.17) is 0 Å². The molecule has 1 amide bonds. The van der Waals surface area contributed by atoms with Crippen molar-refractivity contribution in [1.82, 2.24) is 15.6 Å². The van der Waals surface area contributed by atoms with Crippen molar-refractivity contribution in [3.05, 3.63) is 15.6 Å². The van der Waals surface area contributed by atoms with Gasteiger partial charge in [-0.25, -0.2) is 4.98 Å². The first-order chi connectivity index (χ1) is 8.08. The molecule has 1 aliphatic rings. The number of carbonyl (C=O) groups is 1. The lowest BCUT2D eigenvalue weighted by Gasteiger charge is -2.31. The number of hydrogen-bond donors (Lipinski definition) is 2. The minimum atomic E-state index is 0.102. The maximum Gasteiger partial charge on any atom is 0.223 e. The van der Waals surface area contributed by atoms with Gasteiger partial charge in [0, 0.05) is 10.8 Å². The molecule has 4 nitrogen and oxygen atoms in total. The summed E-state index contributed by atoms with van der Waals surface area (Å²) in [6.45, 7) is 8.53. The van der Waals surface area contributed by atoms with Crippen LogP contribution in [-0.4, -0.2) is 24.0 Å². The average molecular weight is 253 g/mol. The Morgan fingerprint density at radius 2 is 2.29 bits per heavy atom. The number of hydrogen-bond acceptors (Lipinski definition) is 4. The van der Waals surface area contributed by atoms with Crippen LogP contribution < -0.4 is 10.6 Å². The highest BCUT2D eigenvalue weighted by atomic mass is 32.1. The summed E-state index contributed by atoms with van der Waals surface area (Å²) in [6.07, 6.45) is 0. The van der Waals surface area contributed by atoms with E-state index in [1.165, 1.54) is 0 Å². The zero-order valence-corrected chi connectivity index (χ0v) is 11.4. The van der Waals surface area contributed by atoms with Crippen molar-refractivity contribution in [1.29, 1.82) is 0 Å². The van der Waals surface area contributed by atoms with Crippen LogP contribution in [0.1, 0.15) is 22.5 Å². The minimum Gasteiger partial charge on any atom is -0.351 e. The van der Waals surface area contributed by atoms with Crippen molar-refractivity contribution in [3.8, 4) is 0 Å². The van der Waals surface area contributed by atoms with Gasteiger partial charge in [-0.15, -0.1) is 11.3 Å². The fourth-order valence-corrected chi connectivity index (χ4v) is 2.82. The molecule has 0 bridgehead atoms. The van der Waals surface area contributed by atoms with E-state index in [0.29, 0.717) is 12.5 Å². The molecular formula is C12H19N3OS. The second-order valence-electron chi connectivity index (χ2n) is 4.67. The Hall–Kier alpha value is -0.940. The van der Waals surface area contributed by atoms with E-state index in [0.717, 1.165) is 28.7 Å². The van der Waals surface area contributed by atoms with Gasteiger partial charge >= 0.3 is 0 Å². The monoisotopic (exact) mass is 253 g/mol. The summed E-state index contributed by atoms with van der Waals surface area (Å²) in [4.78, 5) is 17.4. The third kappa shape index (κ3) is 2.84. The lowest BCUT2D eigenvalue weighted by Crippen LogP contribution is -2.49. The average Bonchev–Trinajstić information content (AvgIpc) is 2.51. The molecule has 1 aliphatic heterocycles. The summed E-state index contributed by atoms with van der Waals surface area (Å²) in [5, 5.41) is 7.26. The van der Waals surface area contributed by atoms with E-state index in [9.17, 15) is 4.79 Å². The van der Waals surface area contributed by atoms with Gasteiger partial charge in [-0.1, -0.05) is 6.92 Å². The van der Waals surface area contributed by atoms with Crippen LogP contribution in [0.25, 0.3) is 0 Å². The molecule has 1 saturated heterocycles. The van der Waals surface area contributed by atoms with Crippen molar-refractivity contribution in [2.75, 3.05) is 13.1 Å². The van der Waals surface area contributed by atoms with Gasteiger partial charge in [0.05, 0.1) is 17.2 Å². The maximum absolute atomic E-state index is 11.9. The third-order valence-electron chi connectivity index (χ3n) is 3.36. The molecule has 2 heterocycles. The maximum atomic E-state index is 11.9. The number of nitrogens with zero attached hydrogens (tertiary/aromatic N) is 1. The van der Waals surface area contributed by atoms with Crippen LogP contribution in [0.2, 0.25) is 0 Å². The molecule has 0 radical (unpaired) electrons. The smallest absolute Gasteiger partial charge is 0.223 e. The molecule has 0 saturated carbocycles. The van der Waals surface area contributed by atoms with Gasteiger partial charge in [0.15, 0.2) is 0 Å². The van der Waals surface area contributed by atoms with Gasteiger partial charge in [-0.2, -0.15) is 0 Å². The Balaban J connectivity index is 1.85. The highest BCUT2D eigenvalue weighted by molar-refractivity contribution is 7.11. The van der Waals surface area contributed by atoms with Gasteiger partial charge in [0.1, 0.15) is 0 Å². The third-order valence-corrected chi connectivity index (χ3v) is 4.43. The normalized spacial score (nSPS) is 17.6. The molecule has 2 N–H and O–H groups in total. The zero-order chi connectivity index (χ0) is 12.4. The van der Waals surface area contributed by atoms with Crippen LogP contribution in [0.5, 0.6) is 0 Å². The number of aryl methyl sites for hydroxylation is 2. The largest absolute Gasteiger partial charge is 0.351 e. The van der Waals surface area contributed by atoms with Crippen molar-refractivity contribution < 1.29 is 4.79 Å². The van der Waals surface area contributed by atoms with Crippen LogP contribution in [0.3, 0.4) is 0 Å². The number of rotatable bonds is 4. The number of carbonyl (C=O) groups excluding carboxylic acids is 1. The van der Waals surface area contributed by atoms with E-state index >= 15 is 0 Å². The Morgan fingerprint density at radius 1 is 1.59 bits per heavy atom. The topological polar surface area (TPSA) is 54.0 Å². The first-order valence-corrected chi connectivity index (χ1v) is 6.81. The first kappa shape index (κ1) is 12.5. The van der Waals surface area contributed by atoms with Gasteiger partial charge in [0.2, 0.25) is 5.91 Å². The summed E-state index contributed by atoms with van der Waals surface area (Å²) >= 11 is 1.66. The van der Waals surface area contributed by atoms with Crippen molar-refractivity contribution in [2.24, 2.45) is 11.8 Å². The van der Waals surface area contributed by atoms with Crippen LogP contribution in [0.15, 0.2) is 0 Å². The van der Waals surface area contributed by atoms with Crippen molar-refractivity contribution in [3.63, 3.8) is 0 Å². The summed E-state index contributed by atoms with van der Waals surface area (Å²) in [7, 11) is 0. The Labute approximate surface area is 106 Å². The predicted octanol–water partition coefficient (Wildman–Crippen LogP) is 1.23. The number of nitrogens with one attached hydrogen (secondary N) is 2. The quantitative estimate of drug-likeness (QED) is 0.848. The van der Waals surface area contributed by atoms with Crippen LogP contribution in [-0.2, 0) is 11.3 Å². The second kappa shape index (κ2) is 5.14. The second-order valence-corrected chi connectivity index (χ2v) is 5.95. The lowest BCUT2D eigenvalue weighted by molar-refractivity contribution is -0.126. The first-order valence-electron chi connectivity index (χ1n) is 5.99. The highest BCUT2D eigenvalue weighted by Gasteiger charge is 2.28. The Morgan fingerprint density at radius 3 is 2.76 bits per heavy atom. The van der Waals surface area contributed by atoms with Crippen LogP contribution >= 0.6 is 11.3 Å². The minimum absolute atomic E-state index is 0.102. The molecule has 0 spiro atoms. The van der Waals surface area contributed by atoms with Gasteiger partial charge in [-0.05, 0) is 32.9 Å². The molecule has 0 aromatic carbocycles. The molecule has 0 aliphatic carbocycles. The number of aromatic nitrogens is 1.